The predicted octanol–water partition coefficient (Wildman–Crippen LogP) is 1.95. The number of thiazole rings is 1. The molecule has 1 amide bonds. The Labute approximate surface area is 259 Å². The lowest BCUT2D eigenvalue weighted by atomic mass is 9.81. The highest BCUT2D eigenvalue weighted by Gasteiger charge is 2.63. The summed E-state index contributed by atoms with van der Waals surface area (Å²) in [5, 5.41) is 24.5. The Morgan fingerprint density at radius 2 is 1.91 bits per heavy atom. The number of esters is 1. The number of hydrogen-bond donors (Lipinski definition) is 3. The number of allylic oxidation sites excluding steroid dienone is 3. The number of rotatable bonds is 8. The fraction of sp³-hybridized carbons (Fsp3) is 0.536. The van der Waals surface area contributed by atoms with E-state index < -0.39 is 61.7 Å². The van der Waals surface area contributed by atoms with Gasteiger partial charge in [0.05, 0.1) is 48.0 Å². The molecule has 1 fully saturated rings. The van der Waals surface area contributed by atoms with E-state index in [1.165, 1.54) is 36.5 Å². The molecule has 3 heterocycles. The monoisotopic (exact) mass is 656 g/mol. The van der Waals surface area contributed by atoms with Gasteiger partial charge in [-0.2, -0.15) is 0 Å². The van der Waals surface area contributed by atoms with E-state index in [1.807, 2.05) is 0 Å². The predicted molar refractivity (Wildman–Crippen MR) is 162 cm³/mol. The van der Waals surface area contributed by atoms with Gasteiger partial charge in [-0.25, -0.2) is 14.0 Å². The summed E-state index contributed by atoms with van der Waals surface area (Å²) < 4.78 is 27.4. The Morgan fingerprint density at radius 1 is 1.19 bits per heavy atom. The normalized spacial score (nSPS) is 31.5. The summed E-state index contributed by atoms with van der Waals surface area (Å²) in [6.45, 7) is 4.49. The van der Waals surface area contributed by atoms with Gasteiger partial charge in [0.15, 0.2) is 11.9 Å². The first-order valence-electron chi connectivity index (χ1n) is 13.5. The number of carbonyl (C=O) groups is 4. The lowest BCUT2D eigenvalue weighted by Gasteiger charge is -2.36. The van der Waals surface area contributed by atoms with Crippen molar-refractivity contribution in [3.63, 3.8) is 0 Å². The van der Waals surface area contributed by atoms with Crippen molar-refractivity contribution in [1.82, 2.24) is 10.3 Å². The number of nitrogens with one attached hydrogen (secondary N) is 1. The summed E-state index contributed by atoms with van der Waals surface area (Å²) in [6, 6.07) is -0.482. The molecule has 5 atom stereocenters. The molecule has 2 bridgehead atoms. The first kappa shape index (κ1) is 35.0. The summed E-state index contributed by atoms with van der Waals surface area (Å²) >= 11 is 1.32. The number of ketones is 1. The van der Waals surface area contributed by atoms with Gasteiger partial charge in [0, 0.05) is 22.6 Å². The van der Waals surface area contributed by atoms with Crippen molar-refractivity contribution in [2.45, 2.75) is 62.5 Å². The third-order valence-corrected chi connectivity index (χ3v) is 11.8. The maximum absolute atomic E-state index is 13.3. The summed E-state index contributed by atoms with van der Waals surface area (Å²) in [7, 11) is -1.44. The van der Waals surface area contributed by atoms with Crippen LogP contribution in [0, 0.1) is 0 Å². The van der Waals surface area contributed by atoms with Crippen molar-refractivity contribution >= 4 is 60.8 Å². The molecular weight excluding hydrogens is 621 g/mol. The molecule has 0 radical (unpaired) electrons. The maximum atomic E-state index is 13.3. The minimum Gasteiger partial charge on any atom is -0.448 e. The average molecular weight is 657 g/mol. The standard InChI is InChI=1S/C28H36N2O10S3/c1-18-8-9-28(27(3,36)26(35)42-43(28)37)15-23(33)29-19(2)25-30-20(17-41-25)6-4-5-7-21(32)22(14-18)40-24(34)16-39-13-12-38-11-10-31/h4-7,14,17,19,22,31,36H,8-13,15-16H2,1-3H3,(H,29,33)/b6-4-,7-5+,18-14+/t19-,22+,27-,28+,43?/m0/s1. The van der Waals surface area contributed by atoms with Crippen molar-refractivity contribution in [3.8, 4) is 0 Å². The van der Waals surface area contributed by atoms with Gasteiger partial charge in [0.1, 0.15) is 22.0 Å². The Balaban J connectivity index is 1.89. The van der Waals surface area contributed by atoms with E-state index in [2.05, 4.69) is 10.3 Å². The lowest BCUT2D eigenvalue weighted by molar-refractivity contribution is -0.156. The fourth-order valence-electron chi connectivity index (χ4n) is 4.34. The largest absolute Gasteiger partial charge is 0.448 e. The second-order valence-corrected chi connectivity index (χ2v) is 14.3. The molecule has 43 heavy (non-hydrogen) atoms. The van der Waals surface area contributed by atoms with Crippen molar-refractivity contribution in [2.24, 2.45) is 0 Å². The highest BCUT2D eigenvalue weighted by molar-refractivity contribution is 8.76. The number of aliphatic hydroxyl groups is 2. The van der Waals surface area contributed by atoms with Gasteiger partial charge in [-0.05, 0) is 51.8 Å². The zero-order valence-corrected chi connectivity index (χ0v) is 26.6. The molecule has 1 aromatic rings. The van der Waals surface area contributed by atoms with Crippen LogP contribution in [-0.4, -0.2) is 91.7 Å². The minimum absolute atomic E-state index is 0.0265. The number of carbonyl (C=O) groups excluding carboxylic acids is 4. The maximum Gasteiger partial charge on any atom is 0.333 e. The minimum atomic E-state index is -2.06. The number of nitrogens with zero attached hydrogens (tertiary/aromatic N) is 1. The van der Waals surface area contributed by atoms with Crippen molar-refractivity contribution in [3.05, 3.63) is 46.0 Å². The number of aliphatic hydroxyl groups excluding tert-OH is 1. The molecular formula is C28H36N2O10S3. The fourth-order valence-corrected chi connectivity index (χ4v) is 9.08. The summed E-state index contributed by atoms with van der Waals surface area (Å²) in [5.41, 5.74) is -0.920. The number of amides is 1. The van der Waals surface area contributed by atoms with E-state index in [1.54, 1.807) is 31.4 Å². The Kier molecular flexibility index (Phi) is 13.0. The SMILES string of the molecule is C/C1=C\[C@@H](OC(=O)COCCOCCO)C(=O)/C=C/C=C\c2csc(n2)[C@H](C)NC(=O)C[C@@]2(CC1)S(=O)SC(=O)[C@]2(C)O. The van der Waals surface area contributed by atoms with Crippen molar-refractivity contribution < 1.29 is 47.8 Å². The number of hydrogen-bond acceptors (Lipinski definition) is 13. The number of aromatic nitrogens is 1. The molecule has 2 aliphatic heterocycles. The van der Waals surface area contributed by atoms with Gasteiger partial charge >= 0.3 is 5.97 Å². The van der Waals surface area contributed by atoms with E-state index in [4.69, 9.17) is 19.3 Å². The van der Waals surface area contributed by atoms with Crippen LogP contribution in [-0.2, 0) is 43.2 Å². The molecule has 12 nitrogen and oxygen atoms in total. The molecule has 3 rings (SSSR count). The second-order valence-electron chi connectivity index (χ2n) is 10.2. The Morgan fingerprint density at radius 3 is 2.60 bits per heavy atom. The quantitative estimate of drug-likeness (QED) is 0.161. The smallest absolute Gasteiger partial charge is 0.333 e. The summed E-state index contributed by atoms with van der Waals surface area (Å²) in [6.07, 6.45) is 5.88. The topological polar surface area (TPSA) is 178 Å². The summed E-state index contributed by atoms with van der Waals surface area (Å²) in [5.74, 6) is -1.83. The van der Waals surface area contributed by atoms with E-state index in [0.29, 0.717) is 27.1 Å². The molecule has 0 saturated carbocycles. The lowest BCUT2D eigenvalue weighted by Crippen LogP contribution is -2.55. The summed E-state index contributed by atoms with van der Waals surface area (Å²) in [4.78, 5) is 55.9. The van der Waals surface area contributed by atoms with Gasteiger partial charge in [-0.3, -0.25) is 14.4 Å². The van der Waals surface area contributed by atoms with Crippen LogP contribution in [0.25, 0.3) is 6.08 Å². The molecule has 236 valence electrons. The zero-order chi connectivity index (χ0) is 31.6. The van der Waals surface area contributed by atoms with Crippen LogP contribution >= 0.6 is 22.1 Å². The Bertz CT molecular complexity index is 1310. The molecule has 3 N–H and O–H groups in total. The molecule has 1 unspecified atom stereocenters. The van der Waals surface area contributed by atoms with Gasteiger partial charge in [0.2, 0.25) is 11.0 Å². The average Bonchev–Trinajstić information content (AvgIpc) is 3.48. The van der Waals surface area contributed by atoms with Crippen LogP contribution in [0.3, 0.4) is 0 Å². The molecule has 1 spiro atoms. The van der Waals surface area contributed by atoms with Crippen LogP contribution in [0.5, 0.6) is 0 Å². The molecule has 0 aromatic carbocycles. The zero-order valence-electron chi connectivity index (χ0n) is 24.1. The van der Waals surface area contributed by atoms with Gasteiger partial charge in [0.25, 0.3) is 0 Å². The highest BCUT2D eigenvalue weighted by Crippen LogP contribution is 2.50. The molecule has 1 saturated heterocycles. The van der Waals surface area contributed by atoms with Crippen LogP contribution in [0.15, 0.2) is 35.3 Å². The molecule has 2 aliphatic rings. The second kappa shape index (κ2) is 16.0. The van der Waals surface area contributed by atoms with Crippen LogP contribution in [0.4, 0.5) is 0 Å². The van der Waals surface area contributed by atoms with E-state index >= 15 is 0 Å². The van der Waals surface area contributed by atoms with E-state index in [9.17, 15) is 28.5 Å². The van der Waals surface area contributed by atoms with Gasteiger partial charge in [-0.1, -0.05) is 17.7 Å². The van der Waals surface area contributed by atoms with E-state index in [0.717, 1.165) is 0 Å². The van der Waals surface area contributed by atoms with Crippen molar-refractivity contribution in [1.29, 1.82) is 0 Å². The Hall–Kier alpha value is -2.53. The van der Waals surface area contributed by atoms with E-state index in [-0.39, 0.29) is 45.7 Å². The molecule has 1 aromatic heterocycles. The number of fused-ring (bicyclic) bond motifs is 2. The van der Waals surface area contributed by atoms with Crippen LogP contribution in [0.1, 0.15) is 56.8 Å². The van der Waals surface area contributed by atoms with Crippen molar-refractivity contribution in [2.75, 3.05) is 33.0 Å². The molecule has 15 heteroatoms. The first-order valence-corrected chi connectivity index (χ1v) is 16.9. The first-order chi connectivity index (χ1) is 20.4. The highest BCUT2D eigenvalue weighted by atomic mass is 33.1. The van der Waals surface area contributed by atoms with Gasteiger partial charge < -0.3 is 29.7 Å². The third kappa shape index (κ3) is 9.23. The number of ether oxygens (including phenoxy) is 3. The molecule has 0 aliphatic carbocycles. The third-order valence-electron chi connectivity index (χ3n) is 6.85. The van der Waals surface area contributed by atoms with Crippen LogP contribution in [0.2, 0.25) is 0 Å². The van der Waals surface area contributed by atoms with Crippen LogP contribution < -0.4 is 5.32 Å². The van der Waals surface area contributed by atoms with Gasteiger partial charge in [-0.15, -0.1) is 11.3 Å².